The lowest BCUT2D eigenvalue weighted by atomic mass is 10.3. The van der Waals surface area contributed by atoms with E-state index in [1.54, 1.807) is 12.1 Å². The van der Waals surface area contributed by atoms with Crippen LogP contribution in [0.4, 0.5) is 0 Å². The monoisotopic (exact) mass is 179 g/mol. The number of aromatic nitrogens is 1. The second kappa shape index (κ2) is 4.35. The molecule has 0 fully saturated rings. The number of hydrogen-bond donors (Lipinski definition) is 0. The van der Waals surface area contributed by atoms with E-state index in [9.17, 15) is 9.59 Å². The molecule has 1 aromatic rings. The maximum Gasteiger partial charge on any atom is 0.357 e. The molecule has 1 heterocycles. The van der Waals surface area contributed by atoms with Gasteiger partial charge in [-0.15, -0.1) is 0 Å². The van der Waals surface area contributed by atoms with Crippen LogP contribution in [0, 0.1) is 0 Å². The summed E-state index contributed by atoms with van der Waals surface area (Å²) >= 11 is 0. The number of rotatable bonds is 3. The van der Waals surface area contributed by atoms with E-state index in [0.717, 1.165) is 0 Å². The molecule has 4 nitrogen and oxygen atoms in total. The molecule has 0 atom stereocenters. The van der Waals surface area contributed by atoms with Crippen molar-refractivity contribution in [3.63, 3.8) is 0 Å². The highest BCUT2D eigenvalue weighted by Gasteiger charge is 2.07. The number of carbonyl (C=O) groups is 2. The third-order valence-electron chi connectivity index (χ3n) is 1.28. The van der Waals surface area contributed by atoms with E-state index in [0.29, 0.717) is 0 Å². The first-order chi connectivity index (χ1) is 6.20. The van der Waals surface area contributed by atoms with Gasteiger partial charge in [0.05, 0.1) is 0 Å². The van der Waals surface area contributed by atoms with Crippen LogP contribution in [-0.2, 0) is 9.53 Å². The standard InChI is InChI=1S/C9H9NO3/c1-7(11)6-13-9(12)8-4-2-3-5-10-8/h2-5H,6H2,1H3. The van der Waals surface area contributed by atoms with E-state index >= 15 is 0 Å². The zero-order valence-electron chi connectivity index (χ0n) is 7.19. The van der Waals surface area contributed by atoms with E-state index in [1.165, 1.54) is 19.2 Å². The van der Waals surface area contributed by atoms with Gasteiger partial charge in [-0.25, -0.2) is 9.78 Å². The number of ketones is 1. The van der Waals surface area contributed by atoms with Gasteiger partial charge in [0, 0.05) is 6.20 Å². The Morgan fingerprint density at radius 2 is 2.23 bits per heavy atom. The Hall–Kier alpha value is -1.71. The maximum absolute atomic E-state index is 11.1. The summed E-state index contributed by atoms with van der Waals surface area (Å²) in [5.41, 5.74) is 0.212. The lowest BCUT2D eigenvalue weighted by molar-refractivity contribution is -0.120. The number of nitrogens with zero attached hydrogens (tertiary/aromatic N) is 1. The van der Waals surface area contributed by atoms with Gasteiger partial charge in [0.1, 0.15) is 12.3 Å². The molecular weight excluding hydrogens is 170 g/mol. The Morgan fingerprint density at radius 3 is 2.77 bits per heavy atom. The van der Waals surface area contributed by atoms with E-state index in [2.05, 4.69) is 9.72 Å². The molecule has 0 amide bonds. The number of Topliss-reactive ketones (excluding diaryl/α,β-unsaturated/α-hetero) is 1. The van der Waals surface area contributed by atoms with E-state index in [1.807, 2.05) is 0 Å². The summed E-state index contributed by atoms with van der Waals surface area (Å²) in [6, 6.07) is 4.90. The van der Waals surface area contributed by atoms with Crippen LogP contribution in [0.5, 0.6) is 0 Å². The van der Waals surface area contributed by atoms with Crippen LogP contribution in [0.3, 0.4) is 0 Å². The Kier molecular flexibility index (Phi) is 3.14. The molecule has 0 spiro atoms. The predicted molar refractivity (Wildman–Crippen MR) is 45.2 cm³/mol. The first-order valence-electron chi connectivity index (χ1n) is 3.78. The van der Waals surface area contributed by atoms with Crippen molar-refractivity contribution in [1.29, 1.82) is 0 Å². The third-order valence-corrected chi connectivity index (χ3v) is 1.28. The lowest BCUT2D eigenvalue weighted by Crippen LogP contribution is -2.12. The van der Waals surface area contributed by atoms with Gasteiger partial charge in [-0.3, -0.25) is 4.79 Å². The summed E-state index contributed by atoms with van der Waals surface area (Å²) in [4.78, 5) is 25.4. The lowest BCUT2D eigenvalue weighted by Gasteiger charge is -2.00. The SMILES string of the molecule is CC(=O)COC(=O)c1ccccn1. The van der Waals surface area contributed by atoms with Crippen molar-refractivity contribution < 1.29 is 14.3 Å². The fourth-order valence-electron chi connectivity index (χ4n) is 0.725. The minimum Gasteiger partial charge on any atom is -0.453 e. The van der Waals surface area contributed by atoms with Gasteiger partial charge in [-0.05, 0) is 19.1 Å². The van der Waals surface area contributed by atoms with E-state index in [4.69, 9.17) is 0 Å². The van der Waals surface area contributed by atoms with Crippen LogP contribution in [0.1, 0.15) is 17.4 Å². The van der Waals surface area contributed by atoms with E-state index in [-0.39, 0.29) is 18.1 Å². The molecule has 0 saturated heterocycles. The molecule has 4 heteroatoms. The number of carbonyl (C=O) groups excluding carboxylic acids is 2. The normalized spacial score (nSPS) is 9.31. The van der Waals surface area contributed by atoms with Gasteiger partial charge in [0.2, 0.25) is 0 Å². The quantitative estimate of drug-likeness (QED) is 0.645. The zero-order chi connectivity index (χ0) is 9.68. The van der Waals surface area contributed by atoms with Gasteiger partial charge in [0.15, 0.2) is 5.78 Å². The molecule has 68 valence electrons. The molecule has 1 aromatic heterocycles. The summed E-state index contributed by atoms with van der Waals surface area (Å²) in [7, 11) is 0. The van der Waals surface area contributed by atoms with E-state index < -0.39 is 5.97 Å². The summed E-state index contributed by atoms with van der Waals surface area (Å²) in [5.74, 6) is -0.764. The summed E-state index contributed by atoms with van der Waals surface area (Å²) in [6.07, 6.45) is 1.49. The average Bonchev–Trinajstić information content (AvgIpc) is 2.15. The number of ether oxygens (including phenoxy) is 1. The highest BCUT2D eigenvalue weighted by atomic mass is 16.5. The fourth-order valence-corrected chi connectivity index (χ4v) is 0.725. The highest BCUT2D eigenvalue weighted by Crippen LogP contribution is 1.96. The van der Waals surface area contributed by atoms with Crippen molar-refractivity contribution in [2.75, 3.05) is 6.61 Å². The molecule has 0 saturated carbocycles. The molecule has 0 unspecified atom stereocenters. The number of hydrogen-bond acceptors (Lipinski definition) is 4. The van der Waals surface area contributed by atoms with Crippen LogP contribution in [0.2, 0.25) is 0 Å². The second-order valence-corrected chi connectivity index (χ2v) is 2.49. The topological polar surface area (TPSA) is 56.3 Å². The molecule has 0 aliphatic carbocycles. The molecule has 0 aromatic carbocycles. The second-order valence-electron chi connectivity index (χ2n) is 2.49. The van der Waals surface area contributed by atoms with Crippen molar-refractivity contribution >= 4 is 11.8 Å². The number of esters is 1. The Labute approximate surface area is 75.5 Å². The third kappa shape index (κ3) is 3.02. The highest BCUT2D eigenvalue weighted by molar-refractivity contribution is 5.89. The number of pyridine rings is 1. The zero-order valence-corrected chi connectivity index (χ0v) is 7.19. The maximum atomic E-state index is 11.1. The summed E-state index contributed by atoms with van der Waals surface area (Å²) in [5, 5.41) is 0. The minimum atomic E-state index is -0.573. The average molecular weight is 179 g/mol. The van der Waals surface area contributed by atoms with Gasteiger partial charge >= 0.3 is 5.97 Å². The molecule has 0 bridgehead atoms. The fraction of sp³-hybridized carbons (Fsp3) is 0.222. The first kappa shape index (κ1) is 9.38. The Morgan fingerprint density at radius 1 is 1.46 bits per heavy atom. The first-order valence-corrected chi connectivity index (χ1v) is 3.78. The van der Waals surface area contributed by atoms with Crippen LogP contribution in [0.15, 0.2) is 24.4 Å². The molecule has 0 aliphatic heterocycles. The Balaban J connectivity index is 2.54. The van der Waals surface area contributed by atoms with Crippen molar-refractivity contribution in [1.82, 2.24) is 4.98 Å². The molecular formula is C9H9NO3. The molecule has 0 aliphatic rings. The molecule has 0 radical (unpaired) electrons. The van der Waals surface area contributed by atoms with Gasteiger partial charge in [-0.2, -0.15) is 0 Å². The van der Waals surface area contributed by atoms with Gasteiger partial charge in [-0.1, -0.05) is 6.07 Å². The van der Waals surface area contributed by atoms with Gasteiger partial charge < -0.3 is 4.74 Å². The largest absolute Gasteiger partial charge is 0.453 e. The molecule has 0 N–H and O–H groups in total. The van der Waals surface area contributed by atoms with Crippen molar-refractivity contribution in [2.24, 2.45) is 0 Å². The van der Waals surface area contributed by atoms with Crippen LogP contribution >= 0.6 is 0 Å². The van der Waals surface area contributed by atoms with Crippen molar-refractivity contribution in [3.8, 4) is 0 Å². The Bertz CT molecular complexity index is 308. The van der Waals surface area contributed by atoms with Crippen LogP contribution < -0.4 is 0 Å². The van der Waals surface area contributed by atoms with Crippen molar-refractivity contribution in [2.45, 2.75) is 6.92 Å². The minimum absolute atomic E-state index is 0.190. The van der Waals surface area contributed by atoms with Gasteiger partial charge in [0.25, 0.3) is 0 Å². The molecule has 13 heavy (non-hydrogen) atoms. The smallest absolute Gasteiger partial charge is 0.357 e. The van der Waals surface area contributed by atoms with Crippen LogP contribution in [0.25, 0.3) is 0 Å². The van der Waals surface area contributed by atoms with Crippen molar-refractivity contribution in [3.05, 3.63) is 30.1 Å². The summed E-state index contributed by atoms with van der Waals surface area (Å²) in [6.45, 7) is 1.15. The molecule has 1 rings (SSSR count). The predicted octanol–water partition coefficient (Wildman–Crippen LogP) is 0.827. The summed E-state index contributed by atoms with van der Waals surface area (Å²) < 4.78 is 4.64. The van der Waals surface area contributed by atoms with Crippen LogP contribution in [-0.4, -0.2) is 23.3 Å².